The van der Waals surface area contributed by atoms with Crippen molar-refractivity contribution in [2.45, 2.75) is 70.7 Å². The molecule has 7 heteroatoms. The van der Waals surface area contributed by atoms with Crippen LogP contribution in [-0.4, -0.2) is 33.0 Å². The van der Waals surface area contributed by atoms with Crippen molar-refractivity contribution < 1.29 is 19.4 Å². The third kappa shape index (κ3) is 5.44. The number of fused-ring (bicyclic) bond motifs is 2. The third-order valence-electron chi connectivity index (χ3n) is 10.0. The molecule has 7 nitrogen and oxygen atoms in total. The normalized spacial score (nSPS) is 20.1. The van der Waals surface area contributed by atoms with Gasteiger partial charge in [0, 0.05) is 36.1 Å². The number of ether oxygens (including phenoxy) is 2. The summed E-state index contributed by atoms with van der Waals surface area (Å²) in [4.78, 5) is 18.9. The van der Waals surface area contributed by atoms with E-state index < -0.39 is 11.5 Å². The lowest BCUT2D eigenvalue weighted by molar-refractivity contribution is -0.147. The van der Waals surface area contributed by atoms with Gasteiger partial charge in [0.05, 0.1) is 5.56 Å². The highest BCUT2D eigenvalue weighted by atomic mass is 16.5. The number of carboxylic acids is 1. The summed E-state index contributed by atoms with van der Waals surface area (Å²) < 4.78 is 13.1. The SMILES string of the molecule is Cc1c(COc2cc(OCc3cncc(C#N)c3)c(CN3CCC[C@H]4C[C@]43C(=O)O)c3c2CCC3)cccc1-c1ccccc1. The van der Waals surface area contributed by atoms with Crippen molar-refractivity contribution in [3.8, 4) is 28.7 Å². The largest absolute Gasteiger partial charge is 0.488 e. The molecular weight excluding hydrogens is 562 g/mol. The molecule has 7 rings (SSSR count). The van der Waals surface area contributed by atoms with Crippen molar-refractivity contribution in [3.63, 3.8) is 0 Å². The zero-order chi connectivity index (χ0) is 31.0. The number of hydrogen-bond donors (Lipinski definition) is 1. The number of hydrogen-bond acceptors (Lipinski definition) is 6. The number of rotatable bonds is 10. The Bertz CT molecular complexity index is 1800. The van der Waals surface area contributed by atoms with Crippen LogP contribution in [0.2, 0.25) is 0 Å². The molecule has 2 fully saturated rings. The third-order valence-corrected chi connectivity index (χ3v) is 10.0. The number of benzene rings is 3. The summed E-state index contributed by atoms with van der Waals surface area (Å²) in [6.07, 6.45) is 8.80. The van der Waals surface area contributed by atoms with E-state index in [-0.39, 0.29) is 12.5 Å². The summed E-state index contributed by atoms with van der Waals surface area (Å²) in [5.74, 6) is 1.05. The molecule has 3 aliphatic rings. The first-order valence-electron chi connectivity index (χ1n) is 15.9. The van der Waals surface area contributed by atoms with Gasteiger partial charge in [0.2, 0.25) is 0 Å². The lowest BCUT2D eigenvalue weighted by atomic mass is 9.96. The number of nitrogens with zero attached hydrogens (tertiary/aromatic N) is 3. The lowest BCUT2D eigenvalue weighted by Gasteiger charge is -2.34. The molecule has 1 saturated carbocycles. The molecule has 4 aromatic rings. The molecule has 1 aliphatic heterocycles. The summed E-state index contributed by atoms with van der Waals surface area (Å²) in [7, 11) is 0. The van der Waals surface area contributed by atoms with E-state index in [0.717, 1.165) is 67.5 Å². The van der Waals surface area contributed by atoms with Crippen molar-refractivity contribution >= 4 is 5.97 Å². The summed E-state index contributed by atoms with van der Waals surface area (Å²) in [5.41, 5.74) is 8.73. The van der Waals surface area contributed by atoms with Crippen molar-refractivity contribution in [1.82, 2.24) is 9.88 Å². The van der Waals surface area contributed by atoms with Gasteiger partial charge in [0.1, 0.15) is 36.3 Å². The number of pyridine rings is 1. The van der Waals surface area contributed by atoms with Crippen molar-refractivity contribution in [2.24, 2.45) is 5.92 Å². The fourth-order valence-electron chi connectivity index (χ4n) is 7.52. The molecule has 2 atom stereocenters. The van der Waals surface area contributed by atoms with E-state index >= 15 is 0 Å². The summed E-state index contributed by atoms with van der Waals surface area (Å²) >= 11 is 0. The number of carbonyl (C=O) groups is 1. The van der Waals surface area contributed by atoms with Crippen LogP contribution in [0.5, 0.6) is 11.5 Å². The number of carboxylic acid groups (broad SMARTS) is 1. The Labute approximate surface area is 264 Å². The van der Waals surface area contributed by atoms with Gasteiger partial charge in [0.25, 0.3) is 0 Å². The topological polar surface area (TPSA) is 95.7 Å². The van der Waals surface area contributed by atoms with Crippen LogP contribution in [0.1, 0.15) is 64.6 Å². The Morgan fingerprint density at radius 1 is 1.02 bits per heavy atom. The van der Waals surface area contributed by atoms with E-state index in [9.17, 15) is 15.2 Å². The first-order chi connectivity index (χ1) is 22.0. The maximum Gasteiger partial charge on any atom is 0.324 e. The Balaban J connectivity index is 1.22. The highest BCUT2D eigenvalue weighted by Gasteiger charge is 2.65. The van der Waals surface area contributed by atoms with Crippen molar-refractivity contribution in [3.05, 3.63) is 112 Å². The molecule has 0 radical (unpaired) electrons. The van der Waals surface area contributed by atoms with Gasteiger partial charge < -0.3 is 14.6 Å². The van der Waals surface area contributed by atoms with E-state index in [1.54, 1.807) is 18.5 Å². The lowest BCUT2D eigenvalue weighted by Crippen LogP contribution is -2.47. The molecule has 1 N–H and O–H groups in total. The molecule has 45 heavy (non-hydrogen) atoms. The molecule has 1 saturated heterocycles. The van der Waals surface area contributed by atoms with Crippen LogP contribution in [0.4, 0.5) is 0 Å². The van der Waals surface area contributed by atoms with Gasteiger partial charge in [-0.3, -0.25) is 14.7 Å². The summed E-state index contributed by atoms with van der Waals surface area (Å²) in [5, 5.41) is 19.6. The Kier molecular flexibility index (Phi) is 7.76. The van der Waals surface area contributed by atoms with Crippen LogP contribution in [-0.2, 0) is 37.4 Å². The van der Waals surface area contributed by atoms with E-state index in [4.69, 9.17) is 9.47 Å². The molecule has 3 aromatic carbocycles. The second-order valence-electron chi connectivity index (χ2n) is 12.6. The van der Waals surface area contributed by atoms with Crippen LogP contribution >= 0.6 is 0 Å². The molecule has 2 heterocycles. The van der Waals surface area contributed by atoms with Gasteiger partial charge in [-0.05, 0) is 97.4 Å². The zero-order valence-corrected chi connectivity index (χ0v) is 25.6. The van der Waals surface area contributed by atoms with E-state index in [0.29, 0.717) is 24.5 Å². The van der Waals surface area contributed by atoms with Crippen molar-refractivity contribution in [2.75, 3.05) is 6.54 Å². The predicted octanol–water partition coefficient (Wildman–Crippen LogP) is 7.01. The zero-order valence-electron chi connectivity index (χ0n) is 25.6. The van der Waals surface area contributed by atoms with Gasteiger partial charge in [-0.25, -0.2) is 0 Å². The number of aromatic nitrogens is 1. The monoisotopic (exact) mass is 599 g/mol. The quantitative estimate of drug-likeness (QED) is 0.209. The first kappa shape index (κ1) is 29.1. The minimum absolute atomic E-state index is 0.221. The Morgan fingerprint density at radius 3 is 2.67 bits per heavy atom. The fourth-order valence-corrected chi connectivity index (χ4v) is 7.52. The molecule has 0 amide bonds. The molecular formula is C38H37N3O4. The van der Waals surface area contributed by atoms with Gasteiger partial charge >= 0.3 is 5.97 Å². The van der Waals surface area contributed by atoms with Crippen LogP contribution in [0, 0.1) is 24.2 Å². The Hall–Kier alpha value is -4.67. The minimum atomic E-state index is -0.761. The standard InChI is InChI=1S/C38H37N3O4/c1-25-29(10-5-12-31(25)28-8-3-2-4-9-28)24-45-35-17-36(44-23-27-16-26(19-39)20-40-21-27)34(32-13-6-14-33(32)35)22-41-15-7-11-30-18-38(30,41)37(42)43/h2-5,8-10,12,16-17,20-21,30H,6-7,11,13-15,18,22-24H2,1H3,(H,42,43)/t30-,38+/m0/s1. The van der Waals surface area contributed by atoms with Gasteiger partial charge in [-0.1, -0.05) is 48.5 Å². The number of aliphatic carboxylic acids is 1. The number of piperidine rings is 1. The van der Waals surface area contributed by atoms with E-state index in [2.05, 4.69) is 65.3 Å². The average Bonchev–Trinajstić information content (AvgIpc) is 3.65. The first-order valence-corrected chi connectivity index (χ1v) is 15.9. The fraction of sp³-hybridized carbons (Fsp3) is 0.342. The smallest absolute Gasteiger partial charge is 0.324 e. The van der Waals surface area contributed by atoms with E-state index in [1.165, 1.54) is 27.8 Å². The van der Waals surface area contributed by atoms with Crippen LogP contribution < -0.4 is 9.47 Å². The average molecular weight is 600 g/mol. The predicted molar refractivity (Wildman–Crippen MR) is 171 cm³/mol. The Morgan fingerprint density at radius 2 is 1.84 bits per heavy atom. The molecule has 228 valence electrons. The molecule has 2 aliphatic carbocycles. The molecule has 0 unspecified atom stereocenters. The van der Waals surface area contributed by atoms with Gasteiger partial charge in [-0.15, -0.1) is 0 Å². The van der Waals surface area contributed by atoms with Gasteiger partial charge in [0.15, 0.2) is 0 Å². The minimum Gasteiger partial charge on any atom is -0.488 e. The van der Waals surface area contributed by atoms with Gasteiger partial charge in [-0.2, -0.15) is 5.26 Å². The van der Waals surface area contributed by atoms with Crippen LogP contribution in [0.3, 0.4) is 0 Å². The highest BCUT2D eigenvalue weighted by molar-refractivity contribution is 5.83. The maximum atomic E-state index is 12.5. The molecule has 1 aromatic heterocycles. The van der Waals surface area contributed by atoms with E-state index in [1.807, 2.05) is 12.1 Å². The van der Waals surface area contributed by atoms with Crippen LogP contribution in [0.25, 0.3) is 11.1 Å². The van der Waals surface area contributed by atoms with Crippen molar-refractivity contribution in [1.29, 1.82) is 5.26 Å². The highest BCUT2D eigenvalue weighted by Crippen LogP contribution is 2.55. The second kappa shape index (κ2) is 12.0. The molecule has 0 bridgehead atoms. The number of likely N-dealkylation sites (tertiary alicyclic amines) is 1. The number of nitriles is 1. The molecule has 0 spiro atoms. The second-order valence-corrected chi connectivity index (χ2v) is 12.6. The summed E-state index contributed by atoms with van der Waals surface area (Å²) in [6, 6.07) is 22.7. The summed E-state index contributed by atoms with van der Waals surface area (Å²) in [6.45, 7) is 4.13. The maximum absolute atomic E-state index is 12.5. The van der Waals surface area contributed by atoms with Crippen LogP contribution in [0.15, 0.2) is 73.1 Å².